The minimum Gasteiger partial charge on any atom is -0.506 e. The lowest BCUT2D eigenvalue weighted by Gasteiger charge is -2.20. The summed E-state index contributed by atoms with van der Waals surface area (Å²) in [5.74, 6) is -2.11. The van der Waals surface area contributed by atoms with Gasteiger partial charge in [-0.2, -0.15) is 0 Å². The normalized spacial score (nSPS) is 11.5. The zero-order valence-corrected chi connectivity index (χ0v) is 9.68. The van der Waals surface area contributed by atoms with E-state index in [1.165, 1.54) is 19.9 Å². The van der Waals surface area contributed by atoms with Crippen molar-refractivity contribution in [3.63, 3.8) is 0 Å². The van der Waals surface area contributed by atoms with Gasteiger partial charge in [-0.15, -0.1) is 0 Å². The van der Waals surface area contributed by atoms with E-state index < -0.39 is 23.0 Å². The maximum Gasteiger partial charge on any atom is 0.309 e. The van der Waals surface area contributed by atoms with Gasteiger partial charge in [0.05, 0.1) is 10.4 Å². The molecule has 0 aliphatic heterocycles. The van der Waals surface area contributed by atoms with Crippen LogP contribution in [0, 0.1) is 11.2 Å². The molecule has 0 aromatic heterocycles. The van der Waals surface area contributed by atoms with E-state index in [1.807, 2.05) is 0 Å². The lowest BCUT2D eigenvalue weighted by Crippen LogP contribution is -2.26. The standard InChI is InChI=1S/C11H12ClFO3/c1-11(2,10(15)16)5-6-8(13)4-3-7(12)9(6)14/h3-4,14H,5H2,1-2H3,(H,15,16). The second kappa shape index (κ2) is 4.29. The molecule has 0 heterocycles. The highest BCUT2D eigenvalue weighted by Gasteiger charge is 2.30. The molecule has 3 nitrogen and oxygen atoms in total. The number of phenols is 1. The summed E-state index contributed by atoms with van der Waals surface area (Å²) in [5.41, 5.74) is -1.23. The molecular weight excluding hydrogens is 235 g/mol. The van der Waals surface area contributed by atoms with Crippen molar-refractivity contribution in [2.24, 2.45) is 5.41 Å². The van der Waals surface area contributed by atoms with Gasteiger partial charge in [-0.3, -0.25) is 4.79 Å². The Hall–Kier alpha value is -1.29. The highest BCUT2D eigenvalue weighted by Crippen LogP contribution is 2.34. The first kappa shape index (κ1) is 12.8. The number of carbonyl (C=O) groups is 1. The van der Waals surface area contributed by atoms with E-state index in [0.29, 0.717) is 0 Å². The first-order valence-corrected chi connectivity index (χ1v) is 5.03. The first-order chi connectivity index (χ1) is 7.25. The molecule has 0 spiro atoms. The Morgan fingerprint density at radius 1 is 1.50 bits per heavy atom. The molecule has 1 aromatic rings. The van der Waals surface area contributed by atoms with Crippen molar-refractivity contribution in [1.29, 1.82) is 0 Å². The van der Waals surface area contributed by atoms with Crippen molar-refractivity contribution in [1.82, 2.24) is 0 Å². The molecular formula is C11H12ClFO3. The van der Waals surface area contributed by atoms with E-state index in [2.05, 4.69) is 0 Å². The topological polar surface area (TPSA) is 57.5 Å². The van der Waals surface area contributed by atoms with Gasteiger partial charge in [-0.05, 0) is 32.4 Å². The number of carboxylic acids is 1. The Morgan fingerprint density at radius 2 is 2.06 bits per heavy atom. The molecule has 5 heteroatoms. The summed E-state index contributed by atoms with van der Waals surface area (Å²) < 4.78 is 13.4. The van der Waals surface area contributed by atoms with E-state index >= 15 is 0 Å². The number of carboxylic acid groups (broad SMARTS) is 1. The lowest BCUT2D eigenvalue weighted by atomic mass is 9.85. The summed E-state index contributed by atoms with van der Waals surface area (Å²) in [6, 6.07) is 2.33. The van der Waals surface area contributed by atoms with Crippen LogP contribution in [-0.4, -0.2) is 16.2 Å². The lowest BCUT2D eigenvalue weighted by molar-refractivity contribution is -0.146. The van der Waals surface area contributed by atoms with Crippen LogP contribution in [0.25, 0.3) is 0 Å². The van der Waals surface area contributed by atoms with E-state index in [9.17, 15) is 14.3 Å². The second-order valence-electron chi connectivity index (χ2n) is 4.22. The number of rotatable bonds is 3. The van der Waals surface area contributed by atoms with Gasteiger partial charge in [-0.25, -0.2) is 4.39 Å². The molecule has 0 radical (unpaired) electrons. The number of benzene rings is 1. The van der Waals surface area contributed by atoms with Crippen molar-refractivity contribution in [3.8, 4) is 5.75 Å². The minimum atomic E-state index is -1.16. The van der Waals surface area contributed by atoms with Crippen molar-refractivity contribution in [3.05, 3.63) is 28.5 Å². The van der Waals surface area contributed by atoms with Crippen LogP contribution in [0.4, 0.5) is 4.39 Å². The van der Waals surface area contributed by atoms with E-state index in [0.717, 1.165) is 6.07 Å². The maximum absolute atomic E-state index is 13.4. The molecule has 88 valence electrons. The Morgan fingerprint density at radius 3 is 2.56 bits per heavy atom. The Kier molecular flexibility index (Phi) is 3.43. The molecule has 0 fully saturated rings. The van der Waals surface area contributed by atoms with Gasteiger partial charge in [0.15, 0.2) is 0 Å². The average Bonchev–Trinajstić information content (AvgIpc) is 2.18. The quantitative estimate of drug-likeness (QED) is 0.862. The molecule has 0 bridgehead atoms. The summed E-state index contributed by atoms with van der Waals surface area (Å²) in [6.45, 7) is 2.91. The summed E-state index contributed by atoms with van der Waals surface area (Å²) in [5, 5.41) is 18.5. The third-order valence-corrected chi connectivity index (χ3v) is 2.68. The van der Waals surface area contributed by atoms with Crippen molar-refractivity contribution >= 4 is 17.6 Å². The molecule has 0 aliphatic rings. The van der Waals surface area contributed by atoms with Gasteiger partial charge >= 0.3 is 5.97 Å². The molecule has 16 heavy (non-hydrogen) atoms. The summed E-state index contributed by atoms with van der Waals surface area (Å²) in [6.07, 6.45) is -0.124. The van der Waals surface area contributed by atoms with E-state index in [4.69, 9.17) is 16.7 Å². The van der Waals surface area contributed by atoms with Crippen LogP contribution in [0.15, 0.2) is 12.1 Å². The molecule has 1 rings (SSSR count). The monoisotopic (exact) mass is 246 g/mol. The Labute approximate surface area is 97.5 Å². The number of aromatic hydroxyl groups is 1. The molecule has 2 N–H and O–H groups in total. The smallest absolute Gasteiger partial charge is 0.309 e. The summed E-state index contributed by atoms with van der Waals surface area (Å²) in [7, 11) is 0. The van der Waals surface area contributed by atoms with Crippen LogP contribution in [0.1, 0.15) is 19.4 Å². The fraction of sp³-hybridized carbons (Fsp3) is 0.364. The fourth-order valence-corrected chi connectivity index (χ4v) is 1.45. The Bertz CT molecular complexity index is 429. The maximum atomic E-state index is 13.4. The van der Waals surface area contributed by atoms with Gasteiger partial charge < -0.3 is 10.2 Å². The SMILES string of the molecule is CC(C)(Cc1c(F)ccc(Cl)c1O)C(=O)O. The van der Waals surface area contributed by atoms with Crippen molar-refractivity contribution < 1.29 is 19.4 Å². The van der Waals surface area contributed by atoms with Crippen LogP contribution >= 0.6 is 11.6 Å². The number of aliphatic carboxylic acids is 1. The highest BCUT2D eigenvalue weighted by atomic mass is 35.5. The molecule has 0 aliphatic carbocycles. The van der Waals surface area contributed by atoms with Crippen LogP contribution in [0.3, 0.4) is 0 Å². The van der Waals surface area contributed by atoms with Crippen LogP contribution in [0.2, 0.25) is 5.02 Å². The largest absolute Gasteiger partial charge is 0.506 e. The predicted octanol–water partition coefficient (Wildman–Crippen LogP) is 2.84. The van der Waals surface area contributed by atoms with E-state index in [1.54, 1.807) is 0 Å². The average molecular weight is 247 g/mol. The van der Waals surface area contributed by atoms with E-state index in [-0.39, 0.29) is 17.0 Å². The molecule has 0 unspecified atom stereocenters. The molecule has 0 amide bonds. The van der Waals surface area contributed by atoms with Crippen molar-refractivity contribution in [2.45, 2.75) is 20.3 Å². The first-order valence-electron chi connectivity index (χ1n) is 4.65. The zero-order valence-electron chi connectivity index (χ0n) is 8.92. The molecule has 0 saturated heterocycles. The van der Waals surface area contributed by atoms with Gasteiger partial charge in [0.1, 0.15) is 11.6 Å². The van der Waals surface area contributed by atoms with Crippen LogP contribution < -0.4 is 0 Å². The van der Waals surface area contributed by atoms with Gasteiger partial charge in [-0.1, -0.05) is 11.6 Å². The van der Waals surface area contributed by atoms with Crippen molar-refractivity contribution in [2.75, 3.05) is 0 Å². The van der Waals surface area contributed by atoms with Crippen LogP contribution in [-0.2, 0) is 11.2 Å². The summed E-state index contributed by atoms with van der Waals surface area (Å²) >= 11 is 5.63. The molecule has 0 saturated carbocycles. The second-order valence-corrected chi connectivity index (χ2v) is 4.63. The highest BCUT2D eigenvalue weighted by molar-refractivity contribution is 6.32. The number of halogens is 2. The van der Waals surface area contributed by atoms with Crippen LogP contribution in [0.5, 0.6) is 5.75 Å². The number of phenolic OH excluding ortho intramolecular Hbond substituents is 1. The molecule has 1 aromatic carbocycles. The summed E-state index contributed by atoms with van der Waals surface area (Å²) in [4.78, 5) is 10.9. The number of hydrogen-bond donors (Lipinski definition) is 2. The van der Waals surface area contributed by atoms with Gasteiger partial charge in [0, 0.05) is 5.56 Å². The predicted molar refractivity (Wildman–Crippen MR) is 58.2 cm³/mol. The fourth-order valence-electron chi connectivity index (χ4n) is 1.27. The molecule has 0 atom stereocenters. The van der Waals surface area contributed by atoms with Gasteiger partial charge in [0.2, 0.25) is 0 Å². The zero-order chi connectivity index (χ0) is 12.5. The van der Waals surface area contributed by atoms with Gasteiger partial charge in [0.25, 0.3) is 0 Å². The third-order valence-electron chi connectivity index (χ3n) is 2.37. The number of hydrogen-bond acceptors (Lipinski definition) is 2. The third kappa shape index (κ3) is 2.44. The minimum absolute atomic E-state index is 0.0117. The Balaban J connectivity index is 3.15.